The van der Waals surface area contributed by atoms with E-state index in [9.17, 15) is 0 Å². The smallest absolute Gasteiger partial charge is 0.0642 e. The monoisotopic (exact) mass is 327 g/mol. The van der Waals surface area contributed by atoms with Crippen LogP contribution in [0.1, 0.15) is 24.1 Å². The van der Waals surface area contributed by atoms with Crippen molar-refractivity contribution in [3.05, 3.63) is 63.6 Å². The van der Waals surface area contributed by atoms with Gasteiger partial charge >= 0.3 is 0 Å². The Morgan fingerprint density at radius 2 is 1.70 bits per heavy atom. The van der Waals surface area contributed by atoms with E-state index >= 15 is 0 Å². The first-order chi connectivity index (χ1) is 9.52. The van der Waals surface area contributed by atoms with E-state index in [2.05, 4.69) is 11.8 Å². The van der Waals surface area contributed by atoms with Crippen LogP contribution >= 0.6 is 34.8 Å². The third-order valence-corrected chi connectivity index (χ3v) is 4.34. The Morgan fingerprint density at radius 3 is 2.25 bits per heavy atom. The third-order valence-electron chi connectivity index (χ3n) is 3.48. The maximum atomic E-state index is 6.34. The van der Waals surface area contributed by atoms with Crippen molar-refractivity contribution >= 4 is 40.5 Å². The summed E-state index contributed by atoms with van der Waals surface area (Å²) in [5, 5.41) is 1.46. The third kappa shape index (κ3) is 3.41. The van der Waals surface area contributed by atoms with Crippen molar-refractivity contribution in [1.29, 1.82) is 0 Å². The van der Waals surface area contributed by atoms with E-state index in [1.165, 1.54) is 5.56 Å². The van der Waals surface area contributed by atoms with E-state index in [0.717, 1.165) is 16.3 Å². The molecule has 0 radical (unpaired) electrons. The second-order valence-corrected chi connectivity index (χ2v) is 5.87. The summed E-state index contributed by atoms with van der Waals surface area (Å²) in [7, 11) is 2.03. The Labute approximate surface area is 135 Å². The molecule has 2 rings (SSSR count). The van der Waals surface area contributed by atoms with Crippen molar-refractivity contribution < 1.29 is 0 Å². The lowest BCUT2D eigenvalue weighted by Crippen LogP contribution is -2.21. The average molecular weight is 329 g/mol. The predicted octanol–water partition coefficient (Wildman–Crippen LogP) is 5.93. The van der Waals surface area contributed by atoms with Crippen molar-refractivity contribution in [1.82, 2.24) is 0 Å². The van der Waals surface area contributed by atoms with Crippen LogP contribution in [0.15, 0.2) is 42.5 Å². The number of hydrogen-bond acceptors (Lipinski definition) is 1. The van der Waals surface area contributed by atoms with Crippen molar-refractivity contribution in [2.45, 2.75) is 18.8 Å². The van der Waals surface area contributed by atoms with Gasteiger partial charge in [-0.05, 0) is 42.3 Å². The van der Waals surface area contributed by atoms with Crippen molar-refractivity contribution in [3.8, 4) is 0 Å². The number of anilines is 1. The Hall–Kier alpha value is -0.890. The summed E-state index contributed by atoms with van der Waals surface area (Å²) >= 11 is 18.1. The van der Waals surface area contributed by atoms with E-state index in [4.69, 9.17) is 34.8 Å². The molecule has 1 atom stereocenters. The van der Waals surface area contributed by atoms with Gasteiger partial charge in [-0.2, -0.15) is 0 Å². The summed E-state index contributed by atoms with van der Waals surface area (Å²) in [5.74, 6) is 0.469. The second-order valence-electron chi connectivity index (χ2n) is 4.76. The minimum atomic E-state index is 0.201. The zero-order valence-corrected chi connectivity index (χ0v) is 13.7. The molecule has 0 N–H and O–H groups in total. The maximum Gasteiger partial charge on any atom is 0.0642 e. The number of halogens is 3. The molecule has 20 heavy (non-hydrogen) atoms. The molecular formula is C16H16Cl3N. The van der Waals surface area contributed by atoms with Crippen molar-refractivity contribution in [2.75, 3.05) is 11.9 Å². The van der Waals surface area contributed by atoms with Gasteiger partial charge in [-0.25, -0.2) is 0 Å². The van der Waals surface area contributed by atoms with E-state index < -0.39 is 0 Å². The summed E-state index contributed by atoms with van der Waals surface area (Å²) in [6.07, 6.45) is 0. The molecule has 0 saturated heterocycles. The highest BCUT2D eigenvalue weighted by molar-refractivity contribution is 6.33. The summed E-state index contributed by atoms with van der Waals surface area (Å²) in [4.78, 5) is 2.14. The zero-order valence-electron chi connectivity index (χ0n) is 11.4. The van der Waals surface area contributed by atoms with Crippen LogP contribution in [-0.2, 0) is 5.88 Å². The maximum absolute atomic E-state index is 6.34. The molecule has 1 nitrogen and oxygen atoms in total. The minimum Gasteiger partial charge on any atom is -0.367 e. The van der Waals surface area contributed by atoms with Gasteiger partial charge in [0.25, 0.3) is 0 Å². The lowest BCUT2D eigenvalue weighted by Gasteiger charge is -2.28. The van der Waals surface area contributed by atoms with Crippen LogP contribution in [0.3, 0.4) is 0 Å². The molecule has 0 amide bonds. The van der Waals surface area contributed by atoms with Crippen molar-refractivity contribution in [3.63, 3.8) is 0 Å². The molecule has 0 heterocycles. The first-order valence-corrected chi connectivity index (χ1v) is 7.64. The van der Waals surface area contributed by atoms with Crippen LogP contribution in [0.5, 0.6) is 0 Å². The van der Waals surface area contributed by atoms with Crippen LogP contribution in [0.4, 0.5) is 5.69 Å². The van der Waals surface area contributed by atoms with Gasteiger partial charge in [0.2, 0.25) is 0 Å². The molecule has 4 heteroatoms. The van der Waals surface area contributed by atoms with Crippen LogP contribution in [0.25, 0.3) is 0 Å². The number of hydrogen-bond donors (Lipinski definition) is 0. The van der Waals surface area contributed by atoms with Gasteiger partial charge in [0.05, 0.1) is 16.8 Å². The van der Waals surface area contributed by atoms with Gasteiger partial charge in [0.15, 0.2) is 0 Å². The van der Waals surface area contributed by atoms with Crippen LogP contribution in [-0.4, -0.2) is 7.05 Å². The summed E-state index contributed by atoms with van der Waals surface area (Å²) in [5.41, 5.74) is 3.20. The van der Waals surface area contributed by atoms with Gasteiger partial charge in [0, 0.05) is 18.0 Å². The minimum absolute atomic E-state index is 0.201. The predicted molar refractivity (Wildman–Crippen MR) is 89.3 cm³/mol. The summed E-state index contributed by atoms with van der Waals surface area (Å²) in [6, 6.07) is 14.0. The van der Waals surface area contributed by atoms with Crippen LogP contribution in [0.2, 0.25) is 10.0 Å². The van der Waals surface area contributed by atoms with Crippen LogP contribution < -0.4 is 4.90 Å². The number of rotatable bonds is 4. The molecule has 1 unspecified atom stereocenters. The Kier molecular flexibility index (Phi) is 5.20. The quantitative estimate of drug-likeness (QED) is 0.629. The largest absolute Gasteiger partial charge is 0.367 e. The lowest BCUT2D eigenvalue weighted by molar-refractivity contribution is 0.740. The fourth-order valence-corrected chi connectivity index (χ4v) is 2.72. The molecule has 0 aliphatic rings. The molecule has 2 aromatic rings. The van der Waals surface area contributed by atoms with E-state index in [-0.39, 0.29) is 6.04 Å². The molecule has 0 bridgehead atoms. The fourth-order valence-electron chi connectivity index (χ4n) is 2.09. The Bertz CT molecular complexity index is 581. The Morgan fingerprint density at radius 1 is 1.05 bits per heavy atom. The molecule has 0 saturated carbocycles. The molecule has 0 aliphatic heterocycles. The summed E-state index contributed by atoms with van der Waals surface area (Å²) in [6.45, 7) is 2.13. The molecular weight excluding hydrogens is 313 g/mol. The van der Waals surface area contributed by atoms with E-state index in [1.54, 1.807) is 0 Å². The molecule has 2 aromatic carbocycles. The molecule has 0 aromatic heterocycles. The highest BCUT2D eigenvalue weighted by atomic mass is 35.5. The SMILES string of the molecule is CC(c1ccc(Cl)cc1)N(C)c1ccc(CCl)cc1Cl. The number of benzene rings is 2. The molecule has 106 valence electrons. The number of alkyl halides is 1. The first-order valence-electron chi connectivity index (χ1n) is 6.35. The summed E-state index contributed by atoms with van der Waals surface area (Å²) < 4.78 is 0. The molecule has 0 spiro atoms. The standard InChI is InChI=1S/C16H16Cl3N/c1-11(13-4-6-14(18)7-5-13)20(2)16-8-3-12(10-17)9-15(16)19/h3-9,11H,10H2,1-2H3. The highest BCUT2D eigenvalue weighted by Gasteiger charge is 2.15. The van der Waals surface area contributed by atoms with Gasteiger partial charge in [-0.15, -0.1) is 11.6 Å². The molecule has 0 fully saturated rings. The average Bonchev–Trinajstić information content (AvgIpc) is 2.46. The molecule has 0 aliphatic carbocycles. The fraction of sp³-hybridized carbons (Fsp3) is 0.250. The second kappa shape index (κ2) is 6.71. The topological polar surface area (TPSA) is 3.24 Å². The lowest BCUT2D eigenvalue weighted by atomic mass is 10.1. The van der Waals surface area contributed by atoms with E-state index in [0.29, 0.717) is 10.9 Å². The van der Waals surface area contributed by atoms with Gasteiger partial charge < -0.3 is 4.90 Å². The van der Waals surface area contributed by atoms with Gasteiger partial charge in [0.1, 0.15) is 0 Å². The van der Waals surface area contributed by atoms with Crippen LogP contribution in [0, 0.1) is 0 Å². The first kappa shape index (κ1) is 15.5. The van der Waals surface area contributed by atoms with Gasteiger partial charge in [-0.3, -0.25) is 0 Å². The van der Waals surface area contributed by atoms with Crippen molar-refractivity contribution in [2.24, 2.45) is 0 Å². The highest BCUT2D eigenvalue weighted by Crippen LogP contribution is 2.32. The van der Waals surface area contributed by atoms with Gasteiger partial charge in [-0.1, -0.05) is 41.4 Å². The normalized spacial score (nSPS) is 12.2. The zero-order chi connectivity index (χ0) is 14.7. The Balaban J connectivity index is 2.26. The number of nitrogens with zero attached hydrogens (tertiary/aromatic N) is 1. The van der Waals surface area contributed by atoms with E-state index in [1.807, 2.05) is 49.5 Å².